The molecule has 23 heavy (non-hydrogen) atoms. The van der Waals surface area contributed by atoms with E-state index in [1.807, 2.05) is 19.1 Å². The molecule has 0 atom stereocenters. The summed E-state index contributed by atoms with van der Waals surface area (Å²) < 4.78 is 42.6. The normalized spacial score (nSPS) is 11.1. The van der Waals surface area contributed by atoms with Gasteiger partial charge < -0.3 is 10.1 Å². The van der Waals surface area contributed by atoms with E-state index in [1.54, 1.807) is 12.1 Å². The van der Waals surface area contributed by atoms with Gasteiger partial charge >= 0.3 is 6.18 Å². The van der Waals surface area contributed by atoms with Crippen molar-refractivity contribution in [2.75, 3.05) is 6.61 Å². The van der Waals surface area contributed by atoms with E-state index in [0.717, 1.165) is 17.7 Å². The van der Waals surface area contributed by atoms with Crippen LogP contribution in [0.3, 0.4) is 0 Å². The third-order valence-corrected chi connectivity index (χ3v) is 3.16. The van der Waals surface area contributed by atoms with Crippen molar-refractivity contribution in [3.63, 3.8) is 0 Å². The highest BCUT2D eigenvalue weighted by atomic mass is 19.4. The Kier molecular flexibility index (Phi) is 5.26. The molecule has 1 N–H and O–H groups in total. The Morgan fingerprint density at radius 3 is 2.22 bits per heavy atom. The Morgan fingerprint density at radius 2 is 1.65 bits per heavy atom. The van der Waals surface area contributed by atoms with Crippen LogP contribution in [0.1, 0.15) is 16.7 Å². The lowest BCUT2D eigenvalue weighted by Gasteiger charge is -2.09. The molecule has 2 aromatic rings. The molecule has 0 saturated carbocycles. The number of rotatable bonds is 5. The quantitative estimate of drug-likeness (QED) is 0.911. The number of nitrogens with one attached hydrogen (secondary N) is 1. The molecule has 0 aliphatic carbocycles. The maximum Gasteiger partial charge on any atom is 0.416 e. The second-order valence-corrected chi connectivity index (χ2v) is 5.07. The van der Waals surface area contributed by atoms with Gasteiger partial charge in [-0.05, 0) is 36.8 Å². The number of benzene rings is 2. The highest BCUT2D eigenvalue weighted by Gasteiger charge is 2.29. The molecule has 0 spiro atoms. The van der Waals surface area contributed by atoms with Crippen LogP contribution in [0.15, 0.2) is 48.5 Å². The zero-order chi connectivity index (χ0) is 16.9. The molecule has 2 aromatic carbocycles. The van der Waals surface area contributed by atoms with E-state index in [2.05, 4.69) is 5.32 Å². The predicted octanol–water partition coefficient (Wildman–Crippen LogP) is 3.71. The topological polar surface area (TPSA) is 38.3 Å². The molecule has 1 amide bonds. The van der Waals surface area contributed by atoms with Gasteiger partial charge in [0.1, 0.15) is 5.75 Å². The number of ether oxygens (including phenoxy) is 1. The highest BCUT2D eigenvalue weighted by Crippen LogP contribution is 2.29. The molecule has 0 aliphatic heterocycles. The van der Waals surface area contributed by atoms with Gasteiger partial charge in [0, 0.05) is 6.54 Å². The summed E-state index contributed by atoms with van der Waals surface area (Å²) in [5, 5.41) is 2.59. The van der Waals surface area contributed by atoms with Gasteiger partial charge in [0.15, 0.2) is 6.61 Å². The van der Waals surface area contributed by atoms with Crippen LogP contribution < -0.4 is 10.1 Å². The van der Waals surface area contributed by atoms with E-state index in [1.165, 1.54) is 12.1 Å². The lowest BCUT2D eigenvalue weighted by atomic mass is 10.1. The number of alkyl halides is 3. The third kappa shape index (κ3) is 5.32. The summed E-state index contributed by atoms with van der Waals surface area (Å²) in [7, 11) is 0. The smallest absolute Gasteiger partial charge is 0.416 e. The molecule has 0 radical (unpaired) electrons. The molecule has 0 fully saturated rings. The number of hydrogen-bond acceptors (Lipinski definition) is 2. The molecule has 0 aromatic heterocycles. The van der Waals surface area contributed by atoms with Gasteiger partial charge in [0.25, 0.3) is 5.91 Å². The summed E-state index contributed by atoms with van der Waals surface area (Å²) >= 11 is 0. The molecule has 0 unspecified atom stereocenters. The van der Waals surface area contributed by atoms with Gasteiger partial charge in [-0.15, -0.1) is 0 Å². The number of carbonyl (C=O) groups is 1. The largest absolute Gasteiger partial charge is 0.484 e. The molecule has 0 saturated heterocycles. The Balaban J connectivity index is 1.79. The number of amides is 1. The van der Waals surface area contributed by atoms with Gasteiger partial charge in [-0.1, -0.05) is 29.8 Å². The van der Waals surface area contributed by atoms with Gasteiger partial charge in [0.2, 0.25) is 0 Å². The zero-order valence-corrected chi connectivity index (χ0v) is 12.5. The average Bonchev–Trinajstić information content (AvgIpc) is 2.52. The fourth-order valence-corrected chi connectivity index (χ4v) is 1.85. The minimum Gasteiger partial charge on any atom is -0.484 e. The number of hydrogen-bond donors (Lipinski definition) is 1. The standard InChI is InChI=1S/C17H16F3NO2/c1-12-2-8-15(9-3-12)23-11-16(22)21-10-13-4-6-14(7-5-13)17(18,19)20/h2-9H,10-11H2,1H3,(H,21,22). The summed E-state index contributed by atoms with van der Waals surface area (Å²) in [4.78, 5) is 11.7. The SMILES string of the molecule is Cc1ccc(OCC(=O)NCc2ccc(C(F)(F)F)cc2)cc1. The molecule has 3 nitrogen and oxygen atoms in total. The Labute approximate surface area is 132 Å². The first-order valence-electron chi connectivity index (χ1n) is 6.97. The van der Waals surface area contributed by atoms with Crippen molar-refractivity contribution in [3.05, 3.63) is 65.2 Å². The first kappa shape index (κ1) is 16.9. The Bertz CT molecular complexity index is 649. The van der Waals surface area contributed by atoms with Crippen LogP contribution in [0.5, 0.6) is 5.75 Å². The summed E-state index contributed by atoms with van der Waals surface area (Å²) in [5.74, 6) is 0.241. The van der Waals surface area contributed by atoms with Gasteiger partial charge in [0.05, 0.1) is 5.56 Å². The van der Waals surface area contributed by atoms with E-state index in [9.17, 15) is 18.0 Å². The van der Waals surface area contributed by atoms with E-state index in [4.69, 9.17) is 4.74 Å². The van der Waals surface area contributed by atoms with Crippen molar-refractivity contribution in [2.24, 2.45) is 0 Å². The van der Waals surface area contributed by atoms with Crippen molar-refractivity contribution >= 4 is 5.91 Å². The zero-order valence-electron chi connectivity index (χ0n) is 12.5. The molecule has 2 rings (SSSR count). The Hall–Kier alpha value is -2.50. The number of aryl methyl sites for hydroxylation is 1. The minimum absolute atomic E-state index is 0.147. The van der Waals surface area contributed by atoms with E-state index < -0.39 is 11.7 Å². The van der Waals surface area contributed by atoms with Crippen molar-refractivity contribution in [3.8, 4) is 5.75 Å². The summed E-state index contributed by atoms with van der Waals surface area (Å²) in [6.07, 6.45) is -4.36. The molecule has 0 aliphatic rings. The van der Waals surface area contributed by atoms with Crippen LogP contribution in [0.25, 0.3) is 0 Å². The molecule has 0 bridgehead atoms. The molecule has 6 heteroatoms. The van der Waals surface area contributed by atoms with Gasteiger partial charge in [-0.3, -0.25) is 4.79 Å². The van der Waals surface area contributed by atoms with E-state index >= 15 is 0 Å². The maximum absolute atomic E-state index is 12.4. The fraction of sp³-hybridized carbons (Fsp3) is 0.235. The molecular weight excluding hydrogens is 307 g/mol. The van der Waals surface area contributed by atoms with Crippen molar-refractivity contribution < 1.29 is 22.7 Å². The van der Waals surface area contributed by atoms with Crippen LogP contribution >= 0.6 is 0 Å². The third-order valence-electron chi connectivity index (χ3n) is 3.16. The highest BCUT2D eigenvalue weighted by molar-refractivity contribution is 5.77. The second-order valence-electron chi connectivity index (χ2n) is 5.07. The van der Waals surface area contributed by atoms with Crippen LogP contribution in [-0.4, -0.2) is 12.5 Å². The molecule has 122 valence electrons. The lowest BCUT2D eigenvalue weighted by Crippen LogP contribution is -2.28. The van der Waals surface area contributed by atoms with Crippen molar-refractivity contribution in [2.45, 2.75) is 19.6 Å². The Morgan fingerprint density at radius 1 is 1.04 bits per heavy atom. The van der Waals surface area contributed by atoms with Crippen molar-refractivity contribution in [1.29, 1.82) is 0 Å². The predicted molar refractivity (Wildman–Crippen MR) is 80.0 cm³/mol. The van der Waals surface area contributed by atoms with Gasteiger partial charge in [-0.2, -0.15) is 13.2 Å². The maximum atomic E-state index is 12.4. The monoisotopic (exact) mass is 323 g/mol. The lowest BCUT2D eigenvalue weighted by molar-refractivity contribution is -0.137. The van der Waals surface area contributed by atoms with E-state index in [-0.39, 0.29) is 19.1 Å². The van der Waals surface area contributed by atoms with Crippen LogP contribution in [-0.2, 0) is 17.5 Å². The molecule has 0 heterocycles. The summed E-state index contributed by atoms with van der Waals surface area (Å²) in [5.41, 5.74) is 0.959. The number of halogens is 3. The second kappa shape index (κ2) is 7.17. The first-order valence-corrected chi connectivity index (χ1v) is 6.97. The van der Waals surface area contributed by atoms with Crippen LogP contribution in [0.4, 0.5) is 13.2 Å². The minimum atomic E-state index is -4.36. The van der Waals surface area contributed by atoms with Crippen LogP contribution in [0, 0.1) is 6.92 Å². The van der Waals surface area contributed by atoms with E-state index in [0.29, 0.717) is 11.3 Å². The van der Waals surface area contributed by atoms with Crippen molar-refractivity contribution in [1.82, 2.24) is 5.32 Å². The molecular formula is C17H16F3NO2. The summed E-state index contributed by atoms with van der Waals surface area (Å²) in [6, 6.07) is 11.9. The van der Waals surface area contributed by atoms with Crippen LogP contribution in [0.2, 0.25) is 0 Å². The average molecular weight is 323 g/mol. The summed E-state index contributed by atoms with van der Waals surface area (Å²) in [6.45, 7) is 1.94. The number of carbonyl (C=O) groups excluding carboxylic acids is 1. The van der Waals surface area contributed by atoms with Gasteiger partial charge in [-0.25, -0.2) is 0 Å². The first-order chi connectivity index (χ1) is 10.8. The fourth-order valence-electron chi connectivity index (χ4n) is 1.85.